The Bertz CT molecular complexity index is 933. The van der Waals surface area contributed by atoms with Crippen LogP contribution in [0.1, 0.15) is 19.4 Å². The van der Waals surface area contributed by atoms with Crippen LogP contribution in [0.15, 0.2) is 51.9 Å². The topological polar surface area (TPSA) is 88.7 Å². The average molecular weight is 413 g/mol. The first-order valence-electron chi connectivity index (χ1n) is 8.09. The summed E-state index contributed by atoms with van der Waals surface area (Å²) in [6.45, 7) is 3.87. The number of nitriles is 1. The zero-order chi connectivity index (χ0) is 18.8. The van der Waals surface area contributed by atoms with Gasteiger partial charge >= 0.3 is 0 Å². The molecule has 1 aliphatic rings. The van der Waals surface area contributed by atoms with E-state index in [9.17, 15) is 9.90 Å². The fraction of sp³-hybridized carbons (Fsp3) is 0.211. The number of phenolic OH excluding ortho intramolecular Hbond substituents is 1. The van der Waals surface area contributed by atoms with Crippen LogP contribution in [0, 0.1) is 17.2 Å². The Morgan fingerprint density at radius 3 is 2.65 bits per heavy atom. The molecule has 6 nitrogen and oxygen atoms in total. The van der Waals surface area contributed by atoms with Gasteiger partial charge in [0.05, 0.1) is 23.0 Å². The first-order valence-corrected chi connectivity index (χ1v) is 8.88. The number of carbonyl (C=O) groups is 1. The van der Waals surface area contributed by atoms with Crippen molar-refractivity contribution in [3.05, 3.63) is 52.5 Å². The number of guanidine groups is 1. The van der Waals surface area contributed by atoms with Crippen LogP contribution in [0.3, 0.4) is 0 Å². The standard InChI is InChI=1S/C19H17BrN4O2/c1-11(2)17-18(26)24(15-6-4-3-5-13(15)20)19(23-17)22-14-8-7-12(10-21)9-16(14)25/h3-9,11,17,25H,1-2H3,(H,22,23). The zero-order valence-electron chi connectivity index (χ0n) is 14.3. The van der Waals surface area contributed by atoms with E-state index >= 15 is 0 Å². The number of phenols is 1. The molecule has 132 valence electrons. The molecule has 7 heteroatoms. The summed E-state index contributed by atoms with van der Waals surface area (Å²) in [5.74, 6) is 0.142. The summed E-state index contributed by atoms with van der Waals surface area (Å²) < 4.78 is 0.760. The Hall–Kier alpha value is -2.85. The molecule has 1 aliphatic heterocycles. The van der Waals surface area contributed by atoms with Gasteiger partial charge in [-0.3, -0.25) is 4.79 Å². The number of nitrogens with one attached hydrogen (secondary N) is 1. The molecule has 0 radical (unpaired) electrons. The smallest absolute Gasteiger partial charge is 0.259 e. The van der Waals surface area contributed by atoms with Crippen molar-refractivity contribution in [3.8, 4) is 11.8 Å². The van der Waals surface area contributed by atoms with Crippen LogP contribution in [-0.4, -0.2) is 23.0 Å². The van der Waals surface area contributed by atoms with Gasteiger partial charge in [-0.1, -0.05) is 26.0 Å². The first-order chi connectivity index (χ1) is 12.4. The Morgan fingerprint density at radius 1 is 1.31 bits per heavy atom. The highest BCUT2D eigenvalue weighted by Crippen LogP contribution is 2.32. The number of carbonyl (C=O) groups excluding carboxylic acids is 1. The van der Waals surface area contributed by atoms with Crippen LogP contribution in [-0.2, 0) is 4.79 Å². The lowest BCUT2D eigenvalue weighted by atomic mass is 10.0. The van der Waals surface area contributed by atoms with Gasteiger partial charge < -0.3 is 10.4 Å². The fourth-order valence-electron chi connectivity index (χ4n) is 2.70. The minimum atomic E-state index is -0.509. The van der Waals surface area contributed by atoms with Crippen molar-refractivity contribution in [3.63, 3.8) is 0 Å². The van der Waals surface area contributed by atoms with E-state index in [-0.39, 0.29) is 17.6 Å². The van der Waals surface area contributed by atoms with Crippen molar-refractivity contribution in [1.29, 1.82) is 5.26 Å². The molecular formula is C19H17BrN4O2. The Labute approximate surface area is 159 Å². The summed E-state index contributed by atoms with van der Waals surface area (Å²) in [5, 5.41) is 22.1. The van der Waals surface area contributed by atoms with Crippen molar-refractivity contribution in [2.75, 3.05) is 10.2 Å². The van der Waals surface area contributed by atoms with E-state index in [0.29, 0.717) is 22.9 Å². The molecule has 1 atom stereocenters. The monoisotopic (exact) mass is 412 g/mol. The molecule has 0 saturated carbocycles. The maximum absolute atomic E-state index is 12.9. The molecule has 0 bridgehead atoms. The molecule has 2 aromatic carbocycles. The highest BCUT2D eigenvalue weighted by atomic mass is 79.9. The van der Waals surface area contributed by atoms with Crippen molar-refractivity contribution in [2.24, 2.45) is 10.9 Å². The fourth-order valence-corrected chi connectivity index (χ4v) is 3.16. The second-order valence-electron chi connectivity index (χ2n) is 6.24. The quantitative estimate of drug-likeness (QED) is 0.748. The normalized spacial score (nSPS) is 16.6. The second kappa shape index (κ2) is 7.18. The van der Waals surface area contributed by atoms with Gasteiger partial charge in [-0.05, 0) is 52.2 Å². The van der Waals surface area contributed by atoms with E-state index in [2.05, 4.69) is 26.2 Å². The summed E-state index contributed by atoms with van der Waals surface area (Å²) in [7, 11) is 0. The number of hydrogen-bond acceptors (Lipinski definition) is 5. The molecule has 26 heavy (non-hydrogen) atoms. The number of aromatic hydroxyl groups is 1. The summed E-state index contributed by atoms with van der Waals surface area (Å²) in [6.07, 6.45) is 0. The van der Waals surface area contributed by atoms with Crippen LogP contribution in [0.4, 0.5) is 11.4 Å². The average Bonchev–Trinajstić information content (AvgIpc) is 2.93. The largest absolute Gasteiger partial charge is 0.506 e. The molecule has 1 heterocycles. The number of amides is 1. The third kappa shape index (κ3) is 3.28. The molecule has 0 spiro atoms. The molecule has 0 aliphatic carbocycles. The van der Waals surface area contributed by atoms with Gasteiger partial charge in [-0.15, -0.1) is 0 Å². The van der Waals surface area contributed by atoms with Gasteiger partial charge in [0.1, 0.15) is 11.8 Å². The third-order valence-corrected chi connectivity index (χ3v) is 4.72. The highest BCUT2D eigenvalue weighted by Gasteiger charge is 2.38. The molecule has 2 N–H and O–H groups in total. The number of hydrogen-bond donors (Lipinski definition) is 2. The minimum absolute atomic E-state index is 0.0290. The Kier molecular flexibility index (Phi) is 4.96. The number of nitrogens with zero attached hydrogens (tertiary/aromatic N) is 3. The van der Waals surface area contributed by atoms with Crippen molar-refractivity contribution in [2.45, 2.75) is 19.9 Å². The molecule has 1 amide bonds. The Morgan fingerprint density at radius 2 is 2.04 bits per heavy atom. The van der Waals surface area contributed by atoms with Crippen LogP contribution in [0.2, 0.25) is 0 Å². The highest BCUT2D eigenvalue weighted by molar-refractivity contribution is 9.10. The summed E-state index contributed by atoms with van der Waals surface area (Å²) in [5.41, 5.74) is 1.39. The molecule has 1 unspecified atom stereocenters. The number of halogens is 1. The molecular weight excluding hydrogens is 396 g/mol. The van der Waals surface area contributed by atoms with Gasteiger partial charge in [0.25, 0.3) is 5.91 Å². The number of anilines is 2. The SMILES string of the molecule is CC(C)C1N=C(Nc2ccc(C#N)cc2O)N(c2ccccc2Br)C1=O. The van der Waals surface area contributed by atoms with Crippen LogP contribution < -0.4 is 10.2 Å². The zero-order valence-corrected chi connectivity index (χ0v) is 15.9. The molecule has 0 fully saturated rings. The van der Waals surface area contributed by atoms with Gasteiger partial charge in [0.2, 0.25) is 5.96 Å². The van der Waals surface area contributed by atoms with Crippen molar-refractivity contribution in [1.82, 2.24) is 0 Å². The van der Waals surface area contributed by atoms with Gasteiger partial charge in [-0.25, -0.2) is 9.89 Å². The molecule has 0 aromatic heterocycles. The van der Waals surface area contributed by atoms with E-state index in [0.717, 1.165) is 4.47 Å². The summed E-state index contributed by atoms with van der Waals surface area (Å²) in [4.78, 5) is 19.0. The first kappa shape index (κ1) is 18.0. The number of benzene rings is 2. The van der Waals surface area contributed by atoms with Crippen LogP contribution in [0.5, 0.6) is 5.75 Å². The van der Waals surface area contributed by atoms with E-state index in [1.165, 1.54) is 11.0 Å². The summed E-state index contributed by atoms with van der Waals surface area (Å²) in [6, 6.07) is 13.4. The van der Waals surface area contributed by atoms with Crippen LogP contribution >= 0.6 is 15.9 Å². The third-order valence-electron chi connectivity index (χ3n) is 4.04. The maximum Gasteiger partial charge on any atom is 0.259 e. The van der Waals surface area contributed by atoms with E-state index in [4.69, 9.17) is 5.26 Å². The summed E-state index contributed by atoms with van der Waals surface area (Å²) >= 11 is 3.47. The van der Waals surface area contributed by atoms with Crippen LogP contribution in [0.25, 0.3) is 0 Å². The molecule has 2 aromatic rings. The van der Waals surface area contributed by atoms with Gasteiger partial charge in [0, 0.05) is 4.47 Å². The lowest BCUT2D eigenvalue weighted by molar-refractivity contribution is -0.119. The van der Waals surface area contributed by atoms with E-state index < -0.39 is 6.04 Å². The van der Waals surface area contributed by atoms with E-state index in [1.54, 1.807) is 12.1 Å². The lowest BCUT2D eigenvalue weighted by Gasteiger charge is -2.22. The predicted molar refractivity (Wildman–Crippen MR) is 104 cm³/mol. The maximum atomic E-state index is 12.9. The molecule has 3 rings (SSSR count). The minimum Gasteiger partial charge on any atom is -0.506 e. The predicted octanol–water partition coefficient (Wildman–Crippen LogP) is 3.87. The number of aliphatic imine (C=N–C) groups is 1. The lowest BCUT2D eigenvalue weighted by Crippen LogP contribution is -2.39. The second-order valence-corrected chi connectivity index (χ2v) is 7.09. The van der Waals surface area contributed by atoms with E-state index in [1.807, 2.05) is 44.2 Å². The Balaban J connectivity index is 2.01. The van der Waals surface area contributed by atoms with Gasteiger partial charge in [0.15, 0.2) is 0 Å². The molecule has 0 saturated heterocycles. The van der Waals surface area contributed by atoms with Crippen molar-refractivity contribution < 1.29 is 9.90 Å². The van der Waals surface area contributed by atoms with Gasteiger partial charge in [-0.2, -0.15) is 5.26 Å². The van der Waals surface area contributed by atoms with Crippen molar-refractivity contribution >= 4 is 39.2 Å². The number of para-hydroxylation sites is 1. The number of rotatable bonds is 3.